The fourth-order valence-electron chi connectivity index (χ4n) is 1.28. The molecule has 18 heavy (non-hydrogen) atoms. The number of ether oxygens (including phenoxy) is 1. The first-order valence-electron chi connectivity index (χ1n) is 5.19. The zero-order valence-electron chi connectivity index (χ0n) is 9.74. The van der Waals surface area contributed by atoms with E-state index in [0.717, 1.165) is 12.1 Å². The van der Waals surface area contributed by atoms with Gasteiger partial charge in [0.2, 0.25) is 0 Å². The van der Waals surface area contributed by atoms with Crippen LogP contribution >= 0.6 is 0 Å². The molecule has 0 aromatic heterocycles. The highest BCUT2D eigenvalue weighted by Gasteiger charge is 2.12. The van der Waals surface area contributed by atoms with Gasteiger partial charge in [-0.25, -0.2) is 13.6 Å². The number of anilines is 1. The first kappa shape index (κ1) is 14.3. The molecule has 0 spiro atoms. The molecule has 0 aliphatic heterocycles. The standard InChI is InChI=1S/C11H14F2N2O3/c1-18-6-8(5-16)14-11(17)15-10-3-2-7(12)4-9(10)13/h2-4,8,16H,5-6H2,1H3,(H2,14,15,17). The third-order valence-electron chi connectivity index (χ3n) is 2.10. The lowest BCUT2D eigenvalue weighted by Crippen LogP contribution is -2.43. The molecule has 1 aromatic rings. The Hall–Kier alpha value is -1.73. The highest BCUT2D eigenvalue weighted by molar-refractivity contribution is 5.89. The van der Waals surface area contributed by atoms with Crippen molar-refractivity contribution in [1.82, 2.24) is 5.32 Å². The smallest absolute Gasteiger partial charge is 0.319 e. The molecule has 5 nitrogen and oxygen atoms in total. The summed E-state index contributed by atoms with van der Waals surface area (Å²) in [5.41, 5.74) is -0.150. The van der Waals surface area contributed by atoms with Crippen molar-refractivity contribution in [2.75, 3.05) is 25.6 Å². The summed E-state index contributed by atoms with van der Waals surface area (Å²) in [6, 6.07) is 1.48. The molecule has 3 N–H and O–H groups in total. The molecule has 1 aromatic carbocycles. The first-order valence-corrected chi connectivity index (χ1v) is 5.19. The number of methoxy groups -OCH3 is 1. The predicted octanol–water partition coefficient (Wildman–Crippen LogP) is 1.09. The van der Waals surface area contributed by atoms with Gasteiger partial charge in [-0.1, -0.05) is 0 Å². The van der Waals surface area contributed by atoms with E-state index in [1.165, 1.54) is 7.11 Å². The van der Waals surface area contributed by atoms with E-state index in [9.17, 15) is 13.6 Å². The zero-order valence-corrected chi connectivity index (χ0v) is 9.74. The maximum atomic E-state index is 13.2. The van der Waals surface area contributed by atoms with Gasteiger partial charge in [0.1, 0.15) is 11.6 Å². The summed E-state index contributed by atoms with van der Waals surface area (Å²) in [5, 5.41) is 13.5. The van der Waals surface area contributed by atoms with Gasteiger partial charge < -0.3 is 20.5 Å². The average Bonchev–Trinajstić information content (AvgIpc) is 2.32. The maximum absolute atomic E-state index is 13.2. The van der Waals surface area contributed by atoms with Crippen LogP contribution in [-0.2, 0) is 4.74 Å². The summed E-state index contributed by atoms with van der Waals surface area (Å²) in [6.45, 7) is -0.191. The number of carbonyl (C=O) groups excluding carboxylic acids is 1. The molecular formula is C11H14F2N2O3. The third-order valence-corrected chi connectivity index (χ3v) is 2.10. The number of aliphatic hydroxyl groups is 1. The quantitative estimate of drug-likeness (QED) is 0.742. The van der Waals surface area contributed by atoms with Crippen molar-refractivity contribution in [2.24, 2.45) is 0 Å². The maximum Gasteiger partial charge on any atom is 0.319 e. The van der Waals surface area contributed by atoms with Gasteiger partial charge in [0, 0.05) is 13.2 Å². The second-order valence-corrected chi connectivity index (χ2v) is 3.56. The van der Waals surface area contributed by atoms with Gasteiger partial charge in [0.25, 0.3) is 0 Å². The molecule has 0 heterocycles. The molecule has 0 aliphatic carbocycles. The topological polar surface area (TPSA) is 70.6 Å². The number of carbonyl (C=O) groups is 1. The number of hydrogen-bond acceptors (Lipinski definition) is 3. The van der Waals surface area contributed by atoms with Crippen LogP contribution in [0.4, 0.5) is 19.3 Å². The van der Waals surface area contributed by atoms with Crippen molar-refractivity contribution < 1.29 is 23.4 Å². The van der Waals surface area contributed by atoms with Crippen LogP contribution < -0.4 is 10.6 Å². The Bertz CT molecular complexity index is 415. The van der Waals surface area contributed by atoms with Crippen molar-refractivity contribution >= 4 is 11.7 Å². The summed E-state index contributed by atoms with van der Waals surface area (Å²) in [7, 11) is 1.42. The normalized spacial score (nSPS) is 12.0. The fraction of sp³-hybridized carbons (Fsp3) is 0.364. The molecule has 1 unspecified atom stereocenters. The lowest BCUT2D eigenvalue weighted by molar-refractivity contribution is 0.132. The number of aliphatic hydroxyl groups excluding tert-OH is 1. The van der Waals surface area contributed by atoms with Crippen molar-refractivity contribution in [2.45, 2.75) is 6.04 Å². The van der Waals surface area contributed by atoms with Crippen LogP contribution in [-0.4, -0.2) is 37.5 Å². The van der Waals surface area contributed by atoms with E-state index in [0.29, 0.717) is 6.07 Å². The molecule has 1 atom stereocenters. The number of hydrogen-bond donors (Lipinski definition) is 3. The predicted molar refractivity (Wildman–Crippen MR) is 61.3 cm³/mol. The Morgan fingerprint density at radius 1 is 1.50 bits per heavy atom. The molecule has 0 radical (unpaired) electrons. The number of rotatable bonds is 5. The number of nitrogens with one attached hydrogen (secondary N) is 2. The van der Waals surface area contributed by atoms with Crippen molar-refractivity contribution in [1.29, 1.82) is 0 Å². The molecule has 7 heteroatoms. The number of amides is 2. The molecular weight excluding hydrogens is 246 g/mol. The summed E-state index contributed by atoms with van der Waals surface area (Å²) in [5.74, 6) is -1.61. The van der Waals surface area contributed by atoms with Crippen molar-refractivity contribution in [3.63, 3.8) is 0 Å². The molecule has 0 saturated carbocycles. The second kappa shape index (κ2) is 6.87. The summed E-state index contributed by atoms with van der Waals surface area (Å²) in [6.07, 6.45) is 0. The summed E-state index contributed by atoms with van der Waals surface area (Å²) >= 11 is 0. The van der Waals surface area contributed by atoms with E-state index in [1.807, 2.05) is 0 Å². The Morgan fingerprint density at radius 3 is 2.78 bits per heavy atom. The van der Waals surface area contributed by atoms with E-state index >= 15 is 0 Å². The van der Waals surface area contributed by atoms with Gasteiger partial charge in [0.15, 0.2) is 0 Å². The Morgan fingerprint density at radius 2 is 2.22 bits per heavy atom. The van der Waals surface area contributed by atoms with Crippen LogP contribution in [0.15, 0.2) is 18.2 Å². The van der Waals surface area contributed by atoms with Crippen LogP contribution in [0.1, 0.15) is 0 Å². The minimum Gasteiger partial charge on any atom is -0.394 e. The van der Waals surface area contributed by atoms with Crippen LogP contribution in [0.25, 0.3) is 0 Å². The average molecular weight is 260 g/mol. The van der Waals surface area contributed by atoms with Gasteiger partial charge in [0.05, 0.1) is 24.9 Å². The van der Waals surface area contributed by atoms with E-state index < -0.39 is 23.7 Å². The minimum atomic E-state index is -0.877. The molecule has 0 aliphatic rings. The van der Waals surface area contributed by atoms with Gasteiger partial charge in [-0.2, -0.15) is 0 Å². The minimum absolute atomic E-state index is 0.121. The highest BCUT2D eigenvalue weighted by Crippen LogP contribution is 2.14. The van der Waals surface area contributed by atoms with Crippen molar-refractivity contribution in [3.8, 4) is 0 Å². The largest absolute Gasteiger partial charge is 0.394 e. The number of halogens is 2. The van der Waals surface area contributed by atoms with Crippen LogP contribution in [0.5, 0.6) is 0 Å². The van der Waals surface area contributed by atoms with Gasteiger partial charge in [-0.05, 0) is 12.1 Å². The van der Waals surface area contributed by atoms with Gasteiger partial charge in [-0.15, -0.1) is 0 Å². The van der Waals surface area contributed by atoms with Gasteiger partial charge in [-0.3, -0.25) is 0 Å². The van der Waals surface area contributed by atoms with Gasteiger partial charge >= 0.3 is 6.03 Å². The summed E-state index contributed by atoms with van der Waals surface area (Å²) in [4.78, 5) is 11.4. The fourth-order valence-corrected chi connectivity index (χ4v) is 1.28. The lowest BCUT2D eigenvalue weighted by atomic mass is 10.3. The number of urea groups is 1. The monoisotopic (exact) mass is 260 g/mol. The summed E-state index contributed by atoms with van der Waals surface area (Å²) < 4.78 is 30.6. The molecule has 0 saturated heterocycles. The molecule has 100 valence electrons. The molecule has 1 rings (SSSR count). The Balaban J connectivity index is 2.58. The van der Waals surface area contributed by atoms with Crippen LogP contribution in [0.2, 0.25) is 0 Å². The lowest BCUT2D eigenvalue weighted by Gasteiger charge is -2.15. The van der Waals surface area contributed by atoms with E-state index in [1.54, 1.807) is 0 Å². The first-order chi connectivity index (χ1) is 8.56. The number of benzene rings is 1. The zero-order chi connectivity index (χ0) is 13.5. The van der Waals surface area contributed by atoms with Crippen molar-refractivity contribution in [3.05, 3.63) is 29.8 Å². The third kappa shape index (κ3) is 4.27. The van der Waals surface area contributed by atoms with E-state index in [-0.39, 0.29) is 18.9 Å². The van der Waals surface area contributed by atoms with Crippen LogP contribution in [0.3, 0.4) is 0 Å². The Labute approximate surface area is 103 Å². The molecule has 0 bridgehead atoms. The van der Waals surface area contributed by atoms with E-state index in [4.69, 9.17) is 9.84 Å². The highest BCUT2D eigenvalue weighted by atomic mass is 19.1. The SMILES string of the molecule is COCC(CO)NC(=O)Nc1ccc(F)cc1F. The molecule has 2 amide bonds. The van der Waals surface area contributed by atoms with E-state index in [2.05, 4.69) is 10.6 Å². The van der Waals surface area contributed by atoms with Crippen LogP contribution in [0, 0.1) is 11.6 Å². The Kier molecular flexibility index (Phi) is 5.47. The molecule has 0 fully saturated rings. The second-order valence-electron chi connectivity index (χ2n) is 3.56.